The van der Waals surface area contributed by atoms with E-state index in [1.165, 1.54) is 6.42 Å². The van der Waals surface area contributed by atoms with Crippen LogP contribution in [0.2, 0.25) is 0 Å². The fraction of sp³-hybridized carbons (Fsp3) is 0.909. The molecule has 0 aromatic carbocycles. The number of hydrogen-bond acceptors (Lipinski definition) is 2. The van der Waals surface area contributed by atoms with Gasteiger partial charge in [0.2, 0.25) is 0 Å². The number of rotatable bonds is 5. The third kappa shape index (κ3) is 2.98. The molecular weight excluding hydrogens is 174 g/mol. The fourth-order valence-corrected chi connectivity index (χ4v) is 1.53. The first-order chi connectivity index (χ1) is 6.56. The molecule has 3 nitrogen and oxygen atoms in total. The average molecular weight is 197 g/mol. The lowest BCUT2D eigenvalue weighted by Gasteiger charge is -2.10. The van der Waals surface area contributed by atoms with Crippen LogP contribution >= 0.6 is 0 Å². The second-order valence-electron chi connectivity index (χ2n) is 4.63. The zero-order chi connectivity index (χ0) is 10.7. The molecule has 2 N–H and O–H groups in total. The van der Waals surface area contributed by atoms with Crippen molar-refractivity contribution in [1.29, 1.82) is 0 Å². The monoisotopic (exact) mass is 197 g/mol. The van der Waals surface area contributed by atoms with Crippen molar-refractivity contribution in [3.05, 3.63) is 0 Å². The molecular formula is C11H23N3. The summed E-state index contributed by atoms with van der Waals surface area (Å²) in [5, 5.41) is 0. The van der Waals surface area contributed by atoms with Crippen molar-refractivity contribution >= 4 is 5.84 Å². The summed E-state index contributed by atoms with van der Waals surface area (Å²) in [5.41, 5.74) is 5.92. The Balaban J connectivity index is 2.35. The standard InChI is InChI=1S/C11H23N3/c1-5-9(4)14-7-10(14)11(12)13-6-8(2)3/h8-10H,5-7H2,1-4H3,(H2,12,13). The highest BCUT2D eigenvalue weighted by atomic mass is 15.3. The summed E-state index contributed by atoms with van der Waals surface area (Å²) in [4.78, 5) is 6.81. The molecule has 0 aromatic rings. The summed E-state index contributed by atoms with van der Waals surface area (Å²) >= 11 is 0. The first-order valence-corrected chi connectivity index (χ1v) is 5.61. The number of nitrogens with zero attached hydrogens (tertiary/aromatic N) is 2. The van der Waals surface area contributed by atoms with Crippen molar-refractivity contribution in [2.24, 2.45) is 16.6 Å². The Morgan fingerprint density at radius 1 is 1.50 bits per heavy atom. The Morgan fingerprint density at radius 2 is 2.14 bits per heavy atom. The molecule has 0 bridgehead atoms. The second-order valence-corrected chi connectivity index (χ2v) is 4.63. The Bertz CT molecular complexity index is 211. The average Bonchev–Trinajstić information content (AvgIpc) is 2.92. The van der Waals surface area contributed by atoms with Gasteiger partial charge < -0.3 is 5.73 Å². The zero-order valence-electron chi connectivity index (χ0n) is 9.83. The van der Waals surface area contributed by atoms with E-state index in [4.69, 9.17) is 5.73 Å². The SMILES string of the molecule is CCC(C)N1CC1C(N)=NCC(C)C. The van der Waals surface area contributed by atoms with Crippen molar-refractivity contribution in [2.45, 2.75) is 46.2 Å². The van der Waals surface area contributed by atoms with Crippen molar-refractivity contribution in [2.75, 3.05) is 13.1 Å². The lowest BCUT2D eigenvalue weighted by molar-refractivity contribution is 0.404. The molecule has 0 aliphatic carbocycles. The third-order valence-corrected chi connectivity index (χ3v) is 2.79. The highest BCUT2D eigenvalue weighted by Gasteiger charge is 2.39. The topological polar surface area (TPSA) is 41.4 Å². The van der Waals surface area contributed by atoms with Gasteiger partial charge in [0.05, 0.1) is 6.04 Å². The van der Waals surface area contributed by atoms with E-state index in [2.05, 4.69) is 37.6 Å². The maximum absolute atomic E-state index is 5.92. The van der Waals surface area contributed by atoms with E-state index in [-0.39, 0.29) is 0 Å². The molecule has 3 atom stereocenters. The van der Waals surface area contributed by atoms with Gasteiger partial charge in [-0.1, -0.05) is 20.8 Å². The van der Waals surface area contributed by atoms with E-state index in [0.717, 1.165) is 18.9 Å². The summed E-state index contributed by atoms with van der Waals surface area (Å²) in [7, 11) is 0. The van der Waals surface area contributed by atoms with E-state index < -0.39 is 0 Å². The molecule has 3 unspecified atom stereocenters. The molecule has 1 saturated heterocycles. The van der Waals surface area contributed by atoms with Gasteiger partial charge in [-0.2, -0.15) is 0 Å². The maximum atomic E-state index is 5.92. The normalized spacial score (nSPS) is 29.4. The van der Waals surface area contributed by atoms with Gasteiger partial charge in [-0.3, -0.25) is 9.89 Å². The van der Waals surface area contributed by atoms with Crippen LogP contribution in [0.25, 0.3) is 0 Å². The summed E-state index contributed by atoms with van der Waals surface area (Å²) in [6.07, 6.45) is 1.19. The highest BCUT2D eigenvalue weighted by Crippen LogP contribution is 2.22. The summed E-state index contributed by atoms with van der Waals surface area (Å²) < 4.78 is 0. The van der Waals surface area contributed by atoms with Crippen LogP contribution in [0.1, 0.15) is 34.1 Å². The lowest BCUT2D eigenvalue weighted by atomic mass is 10.2. The number of nitrogens with two attached hydrogens (primary N) is 1. The van der Waals surface area contributed by atoms with Gasteiger partial charge in [-0.05, 0) is 19.3 Å². The van der Waals surface area contributed by atoms with Crippen molar-refractivity contribution in [1.82, 2.24) is 4.90 Å². The van der Waals surface area contributed by atoms with Crippen molar-refractivity contribution in [3.63, 3.8) is 0 Å². The van der Waals surface area contributed by atoms with Crippen LogP contribution in [-0.2, 0) is 0 Å². The molecule has 1 aliphatic rings. The van der Waals surface area contributed by atoms with Crippen LogP contribution in [0.5, 0.6) is 0 Å². The smallest absolute Gasteiger partial charge is 0.112 e. The lowest BCUT2D eigenvalue weighted by Crippen LogP contribution is -2.26. The van der Waals surface area contributed by atoms with Crippen molar-refractivity contribution < 1.29 is 0 Å². The van der Waals surface area contributed by atoms with Crippen LogP contribution in [0.3, 0.4) is 0 Å². The largest absolute Gasteiger partial charge is 0.386 e. The molecule has 0 radical (unpaired) electrons. The molecule has 0 aromatic heterocycles. The molecule has 1 heterocycles. The van der Waals surface area contributed by atoms with Gasteiger partial charge in [-0.15, -0.1) is 0 Å². The molecule has 3 heteroatoms. The van der Waals surface area contributed by atoms with Crippen LogP contribution < -0.4 is 5.73 Å². The molecule has 0 saturated carbocycles. The molecule has 14 heavy (non-hydrogen) atoms. The molecule has 82 valence electrons. The van der Waals surface area contributed by atoms with E-state index in [0.29, 0.717) is 18.0 Å². The predicted octanol–water partition coefficient (Wildman–Crippen LogP) is 1.48. The second kappa shape index (κ2) is 4.78. The Hall–Kier alpha value is -0.570. The predicted molar refractivity (Wildman–Crippen MR) is 61.6 cm³/mol. The van der Waals surface area contributed by atoms with Gasteiger partial charge in [0.15, 0.2) is 0 Å². The molecule has 1 rings (SSSR count). The van der Waals surface area contributed by atoms with Gasteiger partial charge in [0.1, 0.15) is 5.84 Å². The van der Waals surface area contributed by atoms with Crippen LogP contribution in [0.4, 0.5) is 0 Å². The quantitative estimate of drug-likeness (QED) is 0.412. The minimum atomic E-state index is 0.434. The van der Waals surface area contributed by atoms with E-state index in [1.807, 2.05) is 0 Å². The van der Waals surface area contributed by atoms with E-state index in [9.17, 15) is 0 Å². The summed E-state index contributed by atoms with van der Waals surface area (Å²) in [6.45, 7) is 10.7. The third-order valence-electron chi connectivity index (χ3n) is 2.79. The zero-order valence-corrected chi connectivity index (χ0v) is 9.83. The first-order valence-electron chi connectivity index (χ1n) is 5.61. The van der Waals surface area contributed by atoms with Gasteiger partial charge in [0.25, 0.3) is 0 Å². The van der Waals surface area contributed by atoms with E-state index >= 15 is 0 Å². The fourth-order valence-electron chi connectivity index (χ4n) is 1.53. The van der Waals surface area contributed by atoms with Gasteiger partial charge in [-0.25, -0.2) is 0 Å². The molecule has 0 spiro atoms. The van der Waals surface area contributed by atoms with Gasteiger partial charge in [0, 0.05) is 19.1 Å². The maximum Gasteiger partial charge on any atom is 0.112 e. The van der Waals surface area contributed by atoms with Crippen LogP contribution in [0.15, 0.2) is 4.99 Å². The molecule has 1 fully saturated rings. The van der Waals surface area contributed by atoms with Crippen molar-refractivity contribution in [3.8, 4) is 0 Å². The van der Waals surface area contributed by atoms with Crippen LogP contribution in [-0.4, -0.2) is 35.9 Å². The molecule has 0 amide bonds. The Kier molecular flexibility index (Phi) is 3.93. The summed E-state index contributed by atoms with van der Waals surface area (Å²) in [5.74, 6) is 1.43. The number of aliphatic imine (C=N–C) groups is 1. The Morgan fingerprint density at radius 3 is 2.64 bits per heavy atom. The van der Waals surface area contributed by atoms with E-state index in [1.54, 1.807) is 0 Å². The highest BCUT2D eigenvalue weighted by molar-refractivity contribution is 5.88. The van der Waals surface area contributed by atoms with Gasteiger partial charge >= 0.3 is 0 Å². The van der Waals surface area contributed by atoms with Crippen LogP contribution in [0, 0.1) is 5.92 Å². The minimum Gasteiger partial charge on any atom is -0.386 e. The number of amidine groups is 1. The number of hydrogen-bond donors (Lipinski definition) is 1. The first kappa shape index (κ1) is 11.5. The Labute approximate surface area is 87.4 Å². The minimum absolute atomic E-state index is 0.434. The summed E-state index contributed by atoms with van der Waals surface area (Å²) in [6, 6.07) is 1.08. The molecule has 1 aliphatic heterocycles.